The average Bonchev–Trinajstić information content (AvgIpc) is 3.55. The number of pyridine rings is 1. The minimum atomic E-state index is -0.0158. The zero-order valence-electron chi connectivity index (χ0n) is 18.7. The number of halogens is 2. The number of nitrogens with two attached hydrogens (primary N) is 1. The zero-order valence-corrected chi connectivity index (χ0v) is 20.3. The molecule has 5 heterocycles. The molecule has 35 heavy (non-hydrogen) atoms. The van der Waals surface area contributed by atoms with Gasteiger partial charge in [-0.15, -0.1) is 0 Å². The Morgan fingerprint density at radius 1 is 1.06 bits per heavy atom. The highest BCUT2D eigenvalue weighted by molar-refractivity contribution is 6.43. The Bertz CT molecular complexity index is 1600. The summed E-state index contributed by atoms with van der Waals surface area (Å²) < 4.78 is 2.04. The molecule has 1 aromatic carbocycles. The Labute approximate surface area is 211 Å². The molecular formula is C25H22Cl2N8. The number of fused-ring (bicyclic) bond motifs is 3. The van der Waals surface area contributed by atoms with Crippen molar-refractivity contribution < 1.29 is 0 Å². The Morgan fingerprint density at radius 2 is 1.91 bits per heavy atom. The van der Waals surface area contributed by atoms with Crippen LogP contribution in [0, 0.1) is 5.41 Å². The quantitative estimate of drug-likeness (QED) is 0.357. The first kappa shape index (κ1) is 21.1. The van der Waals surface area contributed by atoms with Crippen LogP contribution in [0.2, 0.25) is 10.2 Å². The number of aromatic nitrogens is 6. The summed E-state index contributed by atoms with van der Waals surface area (Å²) >= 11 is 13.0. The lowest BCUT2D eigenvalue weighted by atomic mass is 9.73. The van der Waals surface area contributed by atoms with Gasteiger partial charge < -0.3 is 10.6 Å². The molecule has 2 aliphatic rings. The Kier molecular flexibility index (Phi) is 4.61. The number of benzene rings is 1. The van der Waals surface area contributed by atoms with Crippen LogP contribution in [-0.2, 0) is 6.42 Å². The molecule has 1 spiro atoms. The van der Waals surface area contributed by atoms with E-state index < -0.39 is 0 Å². The van der Waals surface area contributed by atoms with E-state index in [-0.39, 0.29) is 11.5 Å². The topological polar surface area (TPSA) is 101 Å². The van der Waals surface area contributed by atoms with Crippen molar-refractivity contribution in [1.82, 2.24) is 29.5 Å². The number of nitrogens with one attached hydrogen (secondary N) is 1. The molecule has 1 aliphatic carbocycles. The van der Waals surface area contributed by atoms with E-state index in [1.807, 2.05) is 47.4 Å². The van der Waals surface area contributed by atoms with Gasteiger partial charge in [-0.3, -0.25) is 14.5 Å². The minimum Gasteiger partial charge on any atom is -0.355 e. The summed E-state index contributed by atoms with van der Waals surface area (Å²) in [4.78, 5) is 16.4. The van der Waals surface area contributed by atoms with Crippen molar-refractivity contribution in [2.45, 2.75) is 25.3 Å². The molecule has 8 nitrogen and oxygen atoms in total. The number of nitrogens with zero attached hydrogens (tertiary/aromatic N) is 6. The Balaban J connectivity index is 1.22. The van der Waals surface area contributed by atoms with Crippen molar-refractivity contribution in [2.24, 2.45) is 11.1 Å². The van der Waals surface area contributed by atoms with Gasteiger partial charge in [0.05, 0.1) is 33.9 Å². The third-order valence-electron chi connectivity index (χ3n) is 7.78. The molecule has 10 heteroatoms. The third kappa shape index (κ3) is 3.03. The summed E-state index contributed by atoms with van der Waals surface area (Å²) in [6.45, 7) is 1.76. The second kappa shape index (κ2) is 7.65. The van der Waals surface area contributed by atoms with Crippen molar-refractivity contribution in [3.05, 3.63) is 70.5 Å². The van der Waals surface area contributed by atoms with E-state index in [0.717, 1.165) is 66.3 Å². The fraction of sp³-hybridized carbons (Fsp3) is 0.280. The molecule has 5 aromatic rings. The summed E-state index contributed by atoms with van der Waals surface area (Å²) in [7, 11) is 0. The van der Waals surface area contributed by atoms with Gasteiger partial charge in [-0.2, -0.15) is 5.10 Å². The average molecular weight is 505 g/mol. The lowest BCUT2D eigenvalue weighted by molar-refractivity contribution is 0.186. The molecule has 1 saturated heterocycles. The molecule has 0 amide bonds. The molecule has 3 N–H and O–H groups in total. The summed E-state index contributed by atoms with van der Waals surface area (Å²) in [5, 5.41) is 8.53. The summed E-state index contributed by atoms with van der Waals surface area (Å²) in [6.07, 6.45) is 10.4. The molecule has 1 aliphatic heterocycles. The standard InChI is InChI=1S/C25H22Cl2N8/c26-19-15(3-4-16-18(19)22(27)33-32-16)23-31-13-17-24(30-8-11-35(17)23)34-9-5-25(6-10-34)12-14-2-1-7-29-20(14)21(25)28/h1-4,7-8,11,13,21H,5-6,9-10,12,28H2,(H,32,33)/t21-/m1/s1. The molecule has 4 aromatic heterocycles. The number of aromatic amines is 1. The number of H-pyrrole nitrogens is 1. The Hall–Kier alpha value is -3.20. The van der Waals surface area contributed by atoms with Crippen LogP contribution in [0.3, 0.4) is 0 Å². The van der Waals surface area contributed by atoms with E-state index in [9.17, 15) is 0 Å². The van der Waals surface area contributed by atoms with Gasteiger partial charge in [-0.1, -0.05) is 29.3 Å². The van der Waals surface area contributed by atoms with E-state index in [1.165, 1.54) is 5.56 Å². The molecule has 0 bridgehead atoms. The molecule has 7 rings (SSSR count). The number of anilines is 1. The van der Waals surface area contributed by atoms with Crippen LogP contribution in [0.15, 0.2) is 49.1 Å². The molecule has 176 valence electrons. The second-order valence-corrected chi connectivity index (χ2v) is 10.2. The van der Waals surface area contributed by atoms with Crippen LogP contribution in [0.4, 0.5) is 5.82 Å². The van der Waals surface area contributed by atoms with Crippen LogP contribution < -0.4 is 10.6 Å². The SMILES string of the molecule is N[C@@H]1c2ncccc2CC12CCN(c1nccn3c(-c4ccc5[nH]nc(Cl)c5c4Cl)ncc13)CC2. The predicted molar refractivity (Wildman–Crippen MR) is 137 cm³/mol. The number of hydrogen-bond donors (Lipinski definition) is 2. The molecular weight excluding hydrogens is 483 g/mol. The Morgan fingerprint density at radius 3 is 2.74 bits per heavy atom. The lowest BCUT2D eigenvalue weighted by Crippen LogP contribution is -2.44. The summed E-state index contributed by atoms with van der Waals surface area (Å²) in [5.74, 6) is 1.66. The monoisotopic (exact) mass is 504 g/mol. The van der Waals surface area contributed by atoms with Crippen LogP contribution in [0.25, 0.3) is 27.8 Å². The second-order valence-electron chi connectivity index (χ2n) is 9.50. The predicted octanol–water partition coefficient (Wildman–Crippen LogP) is 4.82. The third-order valence-corrected chi connectivity index (χ3v) is 8.45. The van der Waals surface area contributed by atoms with Crippen molar-refractivity contribution in [3.8, 4) is 11.4 Å². The van der Waals surface area contributed by atoms with Gasteiger partial charge >= 0.3 is 0 Å². The highest BCUT2D eigenvalue weighted by Gasteiger charge is 2.47. The maximum Gasteiger partial charge on any atom is 0.160 e. The van der Waals surface area contributed by atoms with E-state index in [0.29, 0.717) is 15.6 Å². The van der Waals surface area contributed by atoms with E-state index in [2.05, 4.69) is 26.1 Å². The molecule has 0 radical (unpaired) electrons. The highest BCUT2D eigenvalue weighted by Crippen LogP contribution is 2.50. The number of piperidine rings is 1. The summed E-state index contributed by atoms with van der Waals surface area (Å²) in [5.41, 5.74) is 11.7. The van der Waals surface area contributed by atoms with Crippen molar-refractivity contribution >= 4 is 45.4 Å². The number of imidazole rings is 1. The minimum absolute atomic E-state index is 0.0158. The van der Waals surface area contributed by atoms with Gasteiger partial charge in [0.25, 0.3) is 0 Å². The van der Waals surface area contributed by atoms with Gasteiger partial charge in [0.15, 0.2) is 11.0 Å². The van der Waals surface area contributed by atoms with Gasteiger partial charge in [0.1, 0.15) is 11.3 Å². The van der Waals surface area contributed by atoms with Gasteiger partial charge in [0.2, 0.25) is 0 Å². The fourth-order valence-corrected chi connectivity index (χ4v) is 6.50. The molecule has 1 fully saturated rings. The van der Waals surface area contributed by atoms with Crippen molar-refractivity contribution in [3.63, 3.8) is 0 Å². The maximum absolute atomic E-state index is 6.75. The number of rotatable bonds is 2. The first-order chi connectivity index (χ1) is 17.1. The smallest absolute Gasteiger partial charge is 0.160 e. The molecule has 0 saturated carbocycles. The van der Waals surface area contributed by atoms with Crippen LogP contribution in [0.1, 0.15) is 30.1 Å². The maximum atomic E-state index is 6.75. The normalized spacial score (nSPS) is 19.2. The van der Waals surface area contributed by atoms with Crippen LogP contribution in [-0.4, -0.2) is 42.6 Å². The molecule has 1 atom stereocenters. The van der Waals surface area contributed by atoms with Gasteiger partial charge in [-0.05, 0) is 48.4 Å². The highest BCUT2D eigenvalue weighted by atomic mass is 35.5. The van der Waals surface area contributed by atoms with Gasteiger partial charge in [-0.25, -0.2) is 9.97 Å². The molecule has 0 unspecified atom stereocenters. The van der Waals surface area contributed by atoms with Crippen molar-refractivity contribution in [1.29, 1.82) is 0 Å². The van der Waals surface area contributed by atoms with Crippen molar-refractivity contribution in [2.75, 3.05) is 18.0 Å². The summed E-state index contributed by atoms with van der Waals surface area (Å²) in [6, 6.07) is 8.01. The van der Waals surface area contributed by atoms with E-state index >= 15 is 0 Å². The van der Waals surface area contributed by atoms with Gasteiger partial charge in [0, 0.05) is 37.2 Å². The largest absolute Gasteiger partial charge is 0.355 e. The number of hydrogen-bond acceptors (Lipinski definition) is 6. The van der Waals surface area contributed by atoms with Crippen LogP contribution >= 0.6 is 23.2 Å². The fourth-order valence-electron chi connectivity index (χ4n) is 5.88. The zero-order chi connectivity index (χ0) is 23.7. The first-order valence-electron chi connectivity index (χ1n) is 11.6. The lowest BCUT2D eigenvalue weighted by Gasteiger charge is -2.42. The van der Waals surface area contributed by atoms with Crippen LogP contribution in [0.5, 0.6) is 0 Å². The first-order valence-corrected chi connectivity index (χ1v) is 12.4. The van der Waals surface area contributed by atoms with E-state index in [1.54, 1.807) is 0 Å². The van der Waals surface area contributed by atoms with E-state index in [4.69, 9.17) is 38.9 Å².